The third kappa shape index (κ3) is 3.79. The van der Waals surface area contributed by atoms with Gasteiger partial charge in [-0.25, -0.2) is 8.42 Å². The Morgan fingerprint density at radius 3 is 2.76 bits per heavy atom. The minimum atomic E-state index is -3.00. The van der Waals surface area contributed by atoms with Gasteiger partial charge in [-0.1, -0.05) is 12.1 Å². The van der Waals surface area contributed by atoms with Gasteiger partial charge >= 0.3 is 0 Å². The van der Waals surface area contributed by atoms with Gasteiger partial charge in [0.05, 0.1) is 15.9 Å². The van der Waals surface area contributed by atoms with Crippen LogP contribution in [0.25, 0.3) is 0 Å². The predicted octanol–water partition coefficient (Wildman–Crippen LogP) is 1.91. The Hall–Kier alpha value is -1.47. The molecule has 1 aromatic rings. The molecule has 0 aromatic heterocycles. The van der Waals surface area contributed by atoms with E-state index in [-0.39, 0.29) is 21.6 Å². The second-order valence-corrected chi connectivity index (χ2v) is 8.16. The number of nitro benzene ring substituents is 1. The number of sulfone groups is 1. The third-order valence-electron chi connectivity index (χ3n) is 4.03. The fourth-order valence-corrected chi connectivity index (χ4v) is 3.86. The Morgan fingerprint density at radius 2 is 2.10 bits per heavy atom. The van der Waals surface area contributed by atoms with Crippen LogP contribution in [0.15, 0.2) is 18.2 Å². The van der Waals surface area contributed by atoms with Crippen molar-refractivity contribution in [3.63, 3.8) is 0 Å². The molecule has 7 heteroatoms. The summed E-state index contributed by atoms with van der Waals surface area (Å²) in [5, 5.41) is 10.7. The van der Waals surface area contributed by atoms with Crippen LogP contribution in [0.5, 0.6) is 0 Å². The average molecular weight is 312 g/mol. The fourth-order valence-electron chi connectivity index (χ4n) is 2.48. The average Bonchev–Trinajstić information content (AvgIpc) is 2.54. The Morgan fingerprint density at radius 1 is 1.38 bits per heavy atom. The van der Waals surface area contributed by atoms with E-state index < -0.39 is 9.84 Å². The number of aryl methyl sites for hydroxylation is 1. The van der Waals surface area contributed by atoms with Gasteiger partial charge in [-0.15, -0.1) is 0 Å². The first-order valence-electron chi connectivity index (χ1n) is 6.97. The highest BCUT2D eigenvalue weighted by Crippen LogP contribution is 2.21. The van der Waals surface area contributed by atoms with Crippen LogP contribution < -0.4 is 0 Å². The highest BCUT2D eigenvalue weighted by molar-refractivity contribution is 7.92. The SMILES string of the molecule is Cc1ccc(CN2CC[C@H](C)S(=O)(=O)CC2)cc1[N+](=O)[O-]. The first-order chi connectivity index (χ1) is 9.79. The van der Waals surface area contributed by atoms with Crippen molar-refractivity contribution in [3.8, 4) is 0 Å². The smallest absolute Gasteiger partial charge is 0.272 e. The van der Waals surface area contributed by atoms with Crippen LogP contribution in [0.3, 0.4) is 0 Å². The van der Waals surface area contributed by atoms with Crippen molar-refractivity contribution in [2.45, 2.75) is 32.1 Å². The number of rotatable bonds is 3. The summed E-state index contributed by atoms with van der Waals surface area (Å²) in [6.07, 6.45) is 0.607. The molecule has 0 saturated carbocycles. The van der Waals surface area contributed by atoms with Gasteiger partial charge in [0, 0.05) is 24.7 Å². The Labute approximate surface area is 124 Å². The molecule has 1 aliphatic rings. The summed E-state index contributed by atoms with van der Waals surface area (Å²) in [6, 6.07) is 5.19. The molecule has 0 bridgehead atoms. The number of hydrogen-bond acceptors (Lipinski definition) is 5. The van der Waals surface area contributed by atoms with Gasteiger partial charge in [-0.2, -0.15) is 0 Å². The van der Waals surface area contributed by atoms with Gasteiger partial charge in [0.25, 0.3) is 5.69 Å². The maximum absolute atomic E-state index is 11.9. The van der Waals surface area contributed by atoms with Crippen molar-refractivity contribution in [2.75, 3.05) is 18.8 Å². The second kappa shape index (κ2) is 6.11. The quantitative estimate of drug-likeness (QED) is 0.629. The molecule has 6 nitrogen and oxygen atoms in total. The van der Waals surface area contributed by atoms with Crippen LogP contribution in [0, 0.1) is 17.0 Å². The highest BCUT2D eigenvalue weighted by atomic mass is 32.2. The number of hydrogen-bond donors (Lipinski definition) is 0. The monoisotopic (exact) mass is 312 g/mol. The van der Waals surface area contributed by atoms with E-state index in [4.69, 9.17) is 0 Å². The van der Waals surface area contributed by atoms with Crippen molar-refractivity contribution in [1.29, 1.82) is 0 Å². The molecule has 0 N–H and O–H groups in total. The minimum Gasteiger partial charge on any atom is -0.298 e. The summed E-state index contributed by atoms with van der Waals surface area (Å²) in [7, 11) is -3.00. The van der Waals surface area contributed by atoms with Crippen LogP contribution in [-0.2, 0) is 16.4 Å². The molecule has 2 rings (SSSR count). The van der Waals surface area contributed by atoms with Gasteiger partial charge in [-0.05, 0) is 32.4 Å². The summed E-state index contributed by atoms with van der Waals surface area (Å²) in [4.78, 5) is 12.6. The molecule has 0 radical (unpaired) electrons. The van der Waals surface area contributed by atoms with Crippen LogP contribution in [0.2, 0.25) is 0 Å². The highest BCUT2D eigenvalue weighted by Gasteiger charge is 2.26. The first-order valence-corrected chi connectivity index (χ1v) is 8.69. The number of nitro groups is 1. The zero-order valence-electron chi connectivity index (χ0n) is 12.3. The summed E-state index contributed by atoms with van der Waals surface area (Å²) in [6.45, 7) is 5.18. The molecule has 1 heterocycles. The van der Waals surface area contributed by atoms with E-state index in [9.17, 15) is 18.5 Å². The van der Waals surface area contributed by atoms with Gasteiger partial charge in [-0.3, -0.25) is 15.0 Å². The largest absolute Gasteiger partial charge is 0.298 e. The standard InChI is InChI=1S/C14H20N2O4S/c1-11-3-4-13(9-14(11)16(17)18)10-15-6-5-12(2)21(19,20)8-7-15/h3-4,9,12H,5-8,10H2,1-2H3/t12-/m0/s1. The van der Waals surface area contributed by atoms with Crippen molar-refractivity contribution < 1.29 is 13.3 Å². The van der Waals surface area contributed by atoms with Crippen LogP contribution >= 0.6 is 0 Å². The lowest BCUT2D eigenvalue weighted by atomic mass is 10.1. The Kier molecular flexibility index (Phi) is 4.63. The molecule has 1 fully saturated rings. The van der Waals surface area contributed by atoms with E-state index in [2.05, 4.69) is 4.90 Å². The van der Waals surface area contributed by atoms with E-state index in [1.54, 1.807) is 26.0 Å². The molecule has 1 aromatic carbocycles. The van der Waals surface area contributed by atoms with Crippen LogP contribution in [-0.4, -0.2) is 42.3 Å². The Bertz CT molecular complexity index is 642. The lowest BCUT2D eigenvalue weighted by molar-refractivity contribution is -0.385. The van der Waals surface area contributed by atoms with E-state index >= 15 is 0 Å². The molecule has 21 heavy (non-hydrogen) atoms. The van der Waals surface area contributed by atoms with Crippen LogP contribution in [0.1, 0.15) is 24.5 Å². The second-order valence-electron chi connectivity index (χ2n) is 5.62. The summed E-state index contributed by atoms with van der Waals surface area (Å²) in [5.74, 6) is 0.155. The summed E-state index contributed by atoms with van der Waals surface area (Å²) >= 11 is 0. The van der Waals surface area contributed by atoms with Gasteiger partial charge in [0.1, 0.15) is 0 Å². The van der Waals surface area contributed by atoms with Crippen LogP contribution in [0.4, 0.5) is 5.69 Å². The van der Waals surface area contributed by atoms with E-state index in [1.165, 1.54) is 0 Å². The first kappa shape index (κ1) is 15.9. The molecule has 0 unspecified atom stereocenters. The molecule has 0 spiro atoms. The van der Waals surface area contributed by atoms with Gasteiger partial charge in [0.2, 0.25) is 0 Å². The number of benzene rings is 1. The lowest BCUT2D eigenvalue weighted by Gasteiger charge is -2.19. The minimum absolute atomic E-state index is 0.114. The van der Waals surface area contributed by atoms with Gasteiger partial charge in [0.15, 0.2) is 9.84 Å². The zero-order valence-corrected chi connectivity index (χ0v) is 13.1. The zero-order chi connectivity index (χ0) is 15.6. The van der Waals surface area contributed by atoms with Crippen molar-refractivity contribution in [1.82, 2.24) is 4.90 Å². The topological polar surface area (TPSA) is 80.5 Å². The van der Waals surface area contributed by atoms with E-state index in [0.29, 0.717) is 31.6 Å². The Balaban J connectivity index is 2.12. The van der Waals surface area contributed by atoms with Crippen molar-refractivity contribution >= 4 is 15.5 Å². The van der Waals surface area contributed by atoms with Crippen molar-refractivity contribution in [2.24, 2.45) is 0 Å². The van der Waals surface area contributed by atoms with Gasteiger partial charge < -0.3 is 0 Å². The molecular formula is C14H20N2O4S. The lowest BCUT2D eigenvalue weighted by Crippen LogP contribution is -2.26. The third-order valence-corrected chi connectivity index (χ3v) is 6.25. The molecule has 1 saturated heterocycles. The molecule has 1 aliphatic heterocycles. The maximum atomic E-state index is 11.9. The normalized spacial score (nSPS) is 22.7. The summed E-state index contributed by atoms with van der Waals surface area (Å²) < 4.78 is 23.7. The fraction of sp³-hybridized carbons (Fsp3) is 0.571. The van der Waals surface area contributed by atoms with Crippen molar-refractivity contribution in [3.05, 3.63) is 39.4 Å². The summed E-state index contributed by atoms with van der Waals surface area (Å²) in [5.41, 5.74) is 1.60. The predicted molar refractivity (Wildman–Crippen MR) is 81.0 cm³/mol. The van der Waals surface area contributed by atoms with E-state index in [1.807, 2.05) is 6.07 Å². The molecule has 0 amide bonds. The molecule has 1 atom stereocenters. The number of nitrogens with zero attached hydrogens (tertiary/aromatic N) is 2. The van der Waals surface area contributed by atoms with E-state index in [0.717, 1.165) is 5.56 Å². The molecule has 0 aliphatic carbocycles. The molecular weight excluding hydrogens is 292 g/mol. The maximum Gasteiger partial charge on any atom is 0.272 e. The molecule has 116 valence electrons.